The second-order valence-electron chi connectivity index (χ2n) is 6.07. The van der Waals surface area contributed by atoms with Crippen LogP contribution in [0.15, 0.2) is 28.6 Å². The van der Waals surface area contributed by atoms with Crippen LogP contribution < -0.4 is 10.2 Å². The molecule has 0 aliphatic carbocycles. The van der Waals surface area contributed by atoms with E-state index in [1.54, 1.807) is 24.3 Å². The summed E-state index contributed by atoms with van der Waals surface area (Å²) in [4.78, 5) is 37.9. The molecule has 140 valence electrons. The predicted octanol–water partition coefficient (Wildman–Crippen LogP) is 1.73. The molecule has 2 aliphatic rings. The van der Waals surface area contributed by atoms with E-state index in [-0.39, 0.29) is 22.9 Å². The van der Waals surface area contributed by atoms with Crippen molar-refractivity contribution in [1.29, 1.82) is 0 Å². The average molecular weight is 404 g/mol. The number of anilines is 1. The van der Waals surface area contributed by atoms with E-state index in [9.17, 15) is 14.4 Å². The van der Waals surface area contributed by atoms with Gasteiger partial charge in [0.15, 0.2) is 4.34 Å². The number of hydrogen-bond donors (Lipinski definition) is 1. The molecule has 0 saturated carbocycles. The molecule has 1 unspecified atom stereocenters. The molecule has 0 radical (unpaired) electrons. The number of carbonyl (C=O) groups is 3. The summed E-state index contributed by atoms with van der Waals surface area (Å²) in [6.45, 7) is 1.26. The zero-order valence-electron chi connectivity index (χ0n) is 14.2. The van der Waals surface area contributed by atoms with Crippen LogP contribution in [-0.2, 0) is 9.53 Å². The van der Waals surface area contributed by atoms with Crippen LogP contribution in [0.3, 0.4) is 0 Å². The van der Waals surface area contributed by atoms with Gasteiger partial charge in [-0.3, -0.25) is 14.4 Å². The molecule has 27 heavy (non-hydrogen) atoms. The fourth-order valence-electron chi connectivity index (χ4n) is 2.93. The van der Waals surface area contributed by atoms with Gasteiger partial charge >= 0.3 is 0 Å². The molecule has 1 saturated heterocycles. The fourth-order valence-corrected chi connectivity index (χ4v) is 4.59. The van der Waals surface area contributed by atoms with Gasteiger partial charge in [0.25, 0.3) is 11.8 Å². The van der Waals surface area contributed by atoms with E-state index in [4.69, 9.17) is 4.74 Å². The maximum atomic E-state index is 12.5. The van der Waals surface area contributed by atoms with Crippen LogP contribution in [0.1, 0.15) is 33.6 Å². The first kappa shape index (κ1) is 18.1. The summed E-state index contributed by atoms with van der Waals surface area (Å²) in [7, 11) is 0. The van der Waals surface area contributed by atoms with Crippen LogP contribution >= 0.6 is 23.1 Å². The summed E-state index contributed by atoms with van der Waals surface area (Å²) in [5.74, 6) is -0.744. The highest BCUT2D eigenvalue weighted by atomic mass is 32.2. The summed E-state index contributed by atoms with van der Waals surface area (Å²) in [5.41, 5.74) is 0.723. The molecular weight excluding hydrogens is 388 g/mol. The summed E-state index contributed by atoms with van der Waals surface area (Å²) < 4.78 is 5.98. The van der Waals surface area contributed by atoms with Crippen molar-refractivity contribution in [3.63, 3.8) is 0 Å². The maximum absolute atomic E-state index is 12.5. The Bertz CT molecular complexity index is 860. The van der Waals surface area contributed by atoms with Crippen LogP contribution in [0.4, 0.5) is 5.13 Å². The van der Waals surface area contributed by atoms with Crippen molar-refractivity contribution in [3.05, 3.63) is 35.4 Å². The van der Waals surface area contributed by atoms with Gasteiger partial charge in [0, 0.05) is 13.2 Å². The summed E-state index contributed by atoms with van der Waals surface area (Å²) >= 11 is 2.33. The Morgan fingerprint density at radius 2 is 2.00 bits per heavy atom. The van der Waals surface area contributed by atoms with Gasteiger partial charge in [0.2, 0.25) is 11.0 Å². The first-order valence-electron chi connectivity index (χ1n) is 8.46. The van der Waals surface area contributed by atoms with Crippen molar-refractivity contribution < 1.29 is 19.1 Å². The maximum Gasteiger partial charge on any atom is 0.268 e. The van der Waals surface area contributed by atoms with Gasteiger partial charge in [-0.15, -0.1) is 10.2 Å². The van der Waals surface area contributed by atoms with E-state index >= 15 is 0 Å². The number of aromatic nitrogens is 2. The number of thioether (sulfide) groups is 1. The third kappa shape index (κ3) is 3.73. The summed E-state index contributed by atoms with van der Waals surface area (Å²) in [5, 5.41) is 11.0. The summed E-state index contributed by atoms with van der Waals surface area (Å²) in [6, 6.07) is 6.66. The second kappa shape index (κ2) is 7.75. The van der Waals surface area contributed by atoms with Crippen LogP contribution in [0.2, 0.25) is 0 Å². The third-order valence-electron chi connectivity index (χ3n) is 4.26. The molecule has 1 aromatic carbocycles. The van der Waals surface area contributed by atoms with E-state index < -0.39 is 11.8 Å². The molecule has 1 fully saturated rings. The van der Waals surface area contributed by atoms with E-state index in [1.165, 1.54) is 11.8 Å². The van der Waals surface area contributed by atoms with Crippen molar-refractivity contribution in [2.75, 3.05) is 23.8 Å². The zero-order chi connectivity index (χ0) is 18.8. The van der Waals surface area contributed by atoms with E-state index in [1.807, 2.05) is 0 Å². The Morgan fingerprint density at radius 1 is 1.26 bits per heavy atom. The zero-order valence-corrected chi connectivity index (χ0v) is 15.8. The highest BCUT2D eigenvalue weighted by Crippen LogP contribution is 2.33. The average Bonchev–Trinajstić information content (AvgIpc) is 3.40. The van der Waals surface area contributed by atoms with Crippen molar-refractivity contribution in [1.82, 2.24) is 15.5 Å². The number of nitrogens with zero attached hydrogens (tertiary/aromatic N) is 3. The quantitative estimate of drug-likeness (QED) is 0.444. The topological polar surface area (TPSA) is 101 Å². The van der Waals surface area contributed by atoms with E-state index in [2.05, 4.69) is 15.5 Å². The Hall–Kier alpha value is -2.30. The van der Waals surface area contributed by atoms with Crippen LogP contribution in [0.5, 0.6) is 0 Å². The molecule has 8 nitrogen and oxygen atoms in total. The number of imide groups is 1. The van der Waals surface area contributed by atoms with E-state index in [0.29, 0.717) is 22.0 Å². The molecule has 4 rings (SSSR count). The monoisotopic (exact) mass is 404 g/mol. The molecule has 2 aromatic rings. The Balaban J connectivity index is 1.34. The molecule has 2 aliphatic heterocycles. The smallest absolute Gasteiger partial charge is 0.268 e. The first-order valence-corrected chi connectivity index (χ1v) is 10.3. The Morgan fingerprint density at radius 3 is 2.67 bits per heavy atom. The largest absolute Gasteiger partial charge is 0.376 e. The van der Waals surface area contributed by atoms with Crippen molar-refractivity contribution in [2.24, 2.45) is 0 Å². The third-order valence-corrected chi connectivity index (χ3v) is 6.30. The highest BCUT2D eigenvalue weighted by molar-refractivity contribution is 8.01. The van der Waals surface area contributed by atoms with Gasteiger partial charge < -0.3 is 10.1 Å². The van der Waals surface area contributed by atoms with Crippen LogP contribution in [0.25, 0.3) is 0 Å². The number of rotatable bonds is 6. The van der Waals surface area contributed by atoms with Crippen molar-refractivity contribution in [2.45, 2.75) is 23.3 Å². The molecular formula is C17H16N4O4S2. The van der Waals surface area contributed by atoms with Crippen molar-refractivity contribution >= 4 is 46.0 Å². The molecule has 1 aromatic heterocycles. The van der Waals surface area contributed by atoms with Gasteiger partial charge in [-0.25, -0.2) is 4.90 Å². The van der Waals surface area contributed by atoms with Gasteiger partial charge in [0.05, 0.1) is 23.0 Å². The molecule has 0 spiro atoms. The number of hydrogen-bond acceptors (Lipinski definition) is 8. The predicted molar refractivity (Wildman–Crippen MR) is 100 cm³/mol. The van der Waals surface area contributed by atoms with Crippen LogP contribution in [0, 0.1) is 0 Å². The molecule has 1 N–H and O–H groups in total. The normalized spacial score (nSPS) is 18.8. The number of amides is 3. The summed E-state index contributed by atoms with van der Waals surface area (Å²) in [6.07, 6.45) is 2.09. The fraction of sp³-hybridized carbons (Fsp3) is 0.353. The van der Waals surface area contributed by atoms with Gasteiger partial charge in [-0.1, -0.05) is 35.2 Å². The Labute approximate surface area is 163 Å². The number of nitrogens with one attached hydrogen (secondary N) is 1. The number of ether oxygens (including phenoxy) is 1. The lowest BCUT2D eigenvalue weighted by Crippen LogP contribution is -2.32. The minimum absolute atomic E-state index is 0.0981. The lowest BCUT2D eigenvalue weighted by Gasteiger charge is -2.10. The lowest BCUT2D eigenvalue weighted by atomic mass is 10.1. The lowest BCUT2D eigenvalue weighted by molar-refractivity contribution is -0.119. The molecule has 0 bridgehead atoms. The number of benzene rings is 1. The Kier molecular flexibility index (Phi) is 5.19. The molecule has 3 amide bonds. The van der Waals surface area contributed by atoms with Crippen LogP contribution in [-0.4, -0.2) is 52.9 Å². The number of fused-ring (bicyclic) bond motifs is 1. The number of carbonyl (C=O) groups excluding carboxylic acids is 3. The molecule has 10 heteroatoms. The molecule has 3 heterocycles. The van der Waals surface area contributed by atoms with Crippen molar-refractivity contribution in [3.8, 4) is 0 Å². The standard InChI is InChI=1S/C17H16N4O4S2/c22-13(18-8-10-4-3-7-25-10)9-26-17-20-19-16(27-17)21-14(23)11-5-1-2-6-12(11)15(21)24/h1-2,5-6,10H,3-4,7-9H2,(H,18,22). The minimum atomic E-state index is -0.405. The first-order chi connectivity index (χ1) is 13.1. The second-order valence-corrected chi connectivity index (χ2v) is 8.25. The van der Waals surface area contributed by atoms with Gasteiger partial charge in [0.1, 0.15) is 0 Å². The highest BCUT2D eigenvalue weighted by Gasteiger charge is 2.38. The SMILES string of the molecule is O=C(CSc1nnc(N2C(=O)c3ccccc3C2=O)s1)NCC1CCCO1. The van der Waals surface area contributed by atoms with Gasteiger partial charge in [-0.05, 0) is 25.0 Å². The minimum Gasteiger partial charge on any atom is -0.376 e. The molecule has 1 atom stereocenters. The van der Waals surface area contributed by atoms with Gasteiger partial charge in [-0.2, -0.15) is 0 Å². The van der Waals surface area contributed by atoms with E-state index in [0.717, 1.165) is 35.7 Å².